The van der Waals surface area contributed by atoms with E-state index in [1.54, 1.807) is 12.1 Å². The summed E-state index contributed by atoms with van der Waals surface area (Å²) in [5, 5.41) is 11.8. The number of aliphatic hydroxyl groups is 1. The third-order valence-corrected chi connectivity index (χ3v) is 3.95. The highest BCUT2D eigenvalue weighted by atomic mass is 19.1. The summed E-state index contributed by atoms with van der Waals surface area (Å²) in [6, 6.07) is 6.30. The zero-order valence-electron chi connectivity index (χ0n) is 12.2. The largest absolute Gasteiger partial charge is 0.396 e. The maximum absolute atomic E-state index is 13.0. The second kappa shape index (κ2) is 8.10. The first kappa shape index (κ1) is 15.9. The molecular weight excluding hydrogens is 271 g/mol. The highest BCUT2D eigenvalue weighted by molar-refractivity contribution is 5.90. The zero-order chi connectivity index (χ0) is 15.1. The highest BCUT2D eigenvalue weighted by Crippen LogP contribution is 2.19. The summed E-state index contributed by atoms with van der Waals surface area (Å²) in [6.45, 7) is 1.86. The third kappa shape index (κ3) is 5.10. The minimum atomic E-state index is -0.355. The van der Waals surface area contributed by atoms with Crippen LogP contribution < -0.4 is 5.32 Å². The summed E-state index contributed by atoms with van der Waals surface area (Å²) in [5.74, 6) is -0.458. The normalized spacial score (nSPS) is 19.4. The monoisotopic (exact) mass is 294 g/mol. The fraction of sp³-hybridized carbons (Fsp3) is 0.562. The molecule has 0 saturated carbocycles. The van der Waals surface area contributed by atoms with E-state index in [0.29, 0.717) is 24.7 Å². The molecule has 21 heavy (non-hydrogen) atoms. The Labute approximate surface area is 125 Å². The molecule has 1 fully saturated rings. The minimum Gasteiger partial charge on any atom is -0.396 e. The Bertz CT molecular complexity index is 465. The van der Waals surface area contributed by atoms with Gasteiger partial charge in [-0.05, 0) is 44.0 Å². The van der Waals surface area contributed by atoms with Crippen LogP contribution in [0, 0.1) is 5.82 Å². The van der Waals surface area contributed by atoms with Crippen molar-refractivity contribution in [2.45, 2.75) is 38.1 Å². The van der Waals surface area contributed by atoms with E-state index in [-0.39, 0.29) is 18.3 Å². The Hall–Kier alpha value is -1.46. The van der Waals surface area contributed by atoms with Gasteiger partial charge in [0.15, 0.2) is 0 Å². The lowest BCUT2D eigenvalue weighted by Gasteiger charge is -2.35. The fourth-order valence-electron chi connectivity index (χ4n) is 2.87. The topological polar surface area (TPSA) is 52.6 Å². The van der Waals surface area contributed by atoms with Crippen LogP contribution in [0.2, 0.25) is 0 Å². The molecular formula is C16H23FN2O2. The van der Waals surface area contributed by atoms with Crippen LogP contribution >= 0.6 is 0 Å². The summed E-state index contributed by atoms with van der Waals surface area (Å²) >= 11 is 0. The van der Waals surface area contributed by atoms with E-state index in [2.05, 4.69) is 10.2 Å². The van der Waals surface area contributed by atoms with E-state index in [1.807, 2.05) is 0 Å². The van der Waals surface area contributed by atoms with Gasteiger partial charge in [-0.3, -0.25) is 9.69 Å². The number of nitrogens with one attached hydrogen (secondary N) is 1. The van der Waals surface area contributed by atoms with Crippen molar-refractivity contribution in [1.82, 2.24) is 4.90 Å². The number of hydrogen-bond acceptors (Lipinski definition) is 3. The van der Waals surface area contributed by atoms with Crippen LogP contribution in [0.3, 0.4) is 0 Å². The molecule has 1 unspecified atom stereocenters. The van der Waals surface area contributed by atoms with E-state index in [4.69, 9.17) is 5.11 Å². The van der Waals surface area contributed by atoms with Crippen LogP contribution in [0.5, 0.6) is 0 Å². The molecule has 0 bridgehead atoms. The molecule has 2 rings (SSSR count). The lowest BCUT2D eigenvalue weighted by Crippen LogP contribution is -2.41. The standard InChI is InChI=1S/C16H23FN2O2/c17-13-4-3-5-14(12-13)18-16(21)7-10-19-9-2-1-6-15(19)8-11-20/h3-5,12,15,20H,1-2,6-11H2,(H,18,21). The molecule has 0 aromatic heterocycles. The van der Waals surface area contributed by atoms with Gasteiger partial charge < -0.3 is 10.4 Å². The summed E-state index contributed by atoms with van der Waals surface area (Å²) in [7, 11) is 0. The number of nitrogens with zero attached hydrogens (tertiary/aromatic N) is 1. The molecule has 1 aliphatic heterocycles. The number of rotatable bonds is 6. The number of anilines is 1. The SMILES string of the molecule is O=C(CCN1CCCCC1CCO)Nc1cccc(F)c1. The Balaban J connectivity index is 1.79. The Morgan fingerprint density at radius 3 is 3.05 bits per heavy atom. The second-order valence-electron chi connectivity index (χ2n) is 5.51. The number of benzene rings is 1. The van der Waals surface area contributed by atoms with Crippen molar-refractivity contribution in [2.24, 2.45) is 0 Å². The van der Waals surface area contributed by atoms with Gasteiger partial charge in [0.1, 0.15) is 5.82 Å². The van der Waals surface area contributed by atoms with Crippen LogP contribution in [-0.2, 0) is 4.79 Å². The quantitative estimate of drug-likeness (QED) is 0.847. The number of carbonyl (C=O) groups excluding carboxylic acids is 1. The van der Waals surface area contributed by atoms with E-state index in [1.165, 1.54) is 18.6 Å². The predicted molar refractivity (Wildman–Crippen MR) is 80.6 cm³/mol. The van der Waals surface area contributed by atoms with E-state index in [9.17, 15) is 9.18 Å². The van der Waals surface area contributed by atoms with Crippen LogP contribution in [0.1, 0.15) is 32.1 Å². The number of hydrogen-bond donors (Lipinski definition) is 2. The zero-order valence-corrected chi connectivity index (χ0v) is 12.2. The van der Waals surface area contributed by atoms with Gasteiger partial charge in [-0.25, -0.2) is 4.39 Å². The fourth-order valence-corrected chi connectivity index (χ4v) is 2.87. The summed E-state index contributed by atoms with van der Waals surface area (Å²) in [5.41, 5.74) is 0.491. The molecule has 116 valence electrons. The van der Waals surface area contributed by atoms with Crippen molar-refractivity contribution in [3.05, 3.63) is 30.1 Å². The molecule has 4 nitrogen and oxygen atoms in total. The van der Waals surface area contributed by atoms with Crippen molar-refractivity contribution in [1.29, 1.82) is 0 Å². The molecule has 1 atom stereocenters. The van der Waals surface area contributed by atoms with E-state index < -0.39 is 0 Å². The van der Waals surface area contributed by atoms with Crippen LogP contribution in [-0.4, -0.2) is 41.7 Å². The third-order valence-electron chi connectivity index (χ3n) is 3.95. The molecule has 1 aliphatic rings. The average Bonchev–Trinajstić information content (AvgIpc) is 2.47. The van der Waals surface area contributed by atoms with Crippen molar-refractivity contribution < 1.29 is 14.3 Å². The van der Waals surface area contributed by atoms with Crippen LogP contribution in [0.4, 0.5) is 10.1 Å². The van der Waals surface area contributed by atoms with Crippen molar-refractivity contribution in [3.8, 4) is 0 Å². The highest BCUT2D eigenvalue weighted by Gasteiger charge is 2.22. The number of likely N-dealkylation sites (tertiary alicyclic amines) is 1. The van der Waals surface area contributed by atoms with Gasteiger partial charge in [0.05, 0.1) is 0 Å². The lowest BCUT2D eigenvalue weighted by atomic mass is 9.99. The van der Waals surface area contributed by atoms with Crippen LogP contribution in [0.15, 0.2) is 24.3 Å². The number of halogens is 1. The second-order valence-corrected chi connectivity index (χ2v) is 5.51. The maximum Gasteiger partial charge on any atom is 0.225 e. The van der Waals surface area contributed by atoms with Gasteiger partial charge in [0.25, 0.3) is 0 Å². The molecule has 0 spiro atoms. The van der Waals surface area contributed by atoms with Crippen LogP contribution in [0.25, 0.3) is 0 Å². The Morgan fingerprint density at radius 2 is 2.29 bits per heavy atom. The summed E-state index contributed by atoms with van der Waals surface area (Å²) in [4.78, 5) is 14.2. The van der Waals surface area contributed by atoms with Gasteiger partial charge in [-0.1, -0.05) is 12.5 Å². The Morgan fingerprint density at radius 1 is 1.43 bits per heavy atom. The summed E-state index contributed by atoms with van der Waals surface area (Å²) in [6.07, 6.45) is 4.58. The molecule has 0 aliphatic carbocycles. The molecule has 1 aromatic carbocycles. The first-order valence-electron chi connectivity index (χ1n) is 7.59. The smallest absolute Gasteiger partial charge is 0.225 e. The molecule has 1 heterocycles. The average molecular weight is 294 g/mol. The van der Waals surface area contributed by atoms with Crippen molar-refractivity contribution in [2.75, 3.05) is 25.0 Å². The number of amides is 1. The minimum absolute atomic E-state index is 0.103. The van der Waals surface area contributed by atoms with Crippen molar-refractivity contribution >= 4 is 11.6 Å². The van der Waals surface area contributed by atoms with Gasteiger partial charge in [0.2, 0.25) is 5.91 Å². The van der Waals surface area contributed by atoms with Gasteiger partial charge >= 0.3 is 0 Å². The predicted octanol–water partition coefficient (Wildman–Crippen LogP) is 2.39. The van der Waals surface area contributed by atoms with Gasteiger partial charge in [-0.15, -0.1) is 0 Å². The van der Waals surface area contributed by atoms with Gasteiger partial charge in [-0.2, -0.15) is 0 Å². The lowest BCUT2D eigenvalue weighted by molar-refractivity contribution is -0.116. The molecule has 1 amide bonds. The first-order chi connectivity index (χ1) is 10.2. The van der Waals surface area contributed by atoms with Gasteiger partial charge in [0, 0.05) is 31.3 Å². The van der Waals surface area contributed by atoms with E-state index in [0.717, 1.165) is 25.8 Å². The number of aliphatic hydroxyl groups excluding tert-OH is 1. The molecule has 1 aromatic rings. The summed E-state index contributed by atoms with van der Waals surface area (Å²) < 4.78 is 13.0. The number of piperidine rings is 1. The Kier molecular flexibility index (Phi) is 6.14. The van der Waals surface area contributed by atoms with E-state index >= 15 is 0 Å². The van der Waals surface area contributed by atoms with Crippen molar-refractivity contribution in [3.63, 3.8) is 0 Å². The molecule has 1 saturated heterocycles. The first-order valence-corrected chi connectivity index (χ1v) is 7.59. The molecule has 0 radical (unpaired) electrons. The molecule has 2 N–H and O–H groups in total. The molecule has 5 heteroatoms. The number of carbonyl (C=O) groups is 1. The maximum atomic E-state index is 13.0.